The fourth-order valence-electron chi connectivity index (χ4n) is 1.95. The summed E-state index contributed by atoms with van der Waals surface area (Å²) in [4.78, 5) is 0. The Kier molecular flexibility index (Phi) is 3.93. The van der Waals surface area contributed by atoms with Gasteiger partial charge in [-0.25, -0.2) is 0 Å². The fourth-order valence-corrected chi connectivity index (χ4v) is 1.95. The summed E-state index contributed by atoms with van der Waals surface area (Å²) in [5, 5.41) is 19.8. The van der Waals surface area contributed by atoms with Gasteiger partial charge in [-0.1, -0.05) is 26.0 Å². The second-order valence-electron chi connectivity index (χ2n) is 4.85. The minimum absolute atomic E-state index is 0.372. The van der Waals surface area contributed by atoms with Gasteiger partial charge in [0.1, 0.15) is 0 Å². The van der Waals surface area contributed by atoms with Crippen LogP contribution in [0.5, 0.6) is 0 Å². The van der Waals surface area contributed by atoms with Crippen molar-refractivity contribution in [1.29, 1.82) is 0 Å². The highest BCUT2D eigenvalue weighted by Gasteiger charge is 2.15. The predicted molar refractivity (Wildman–Crippen MR) is 68.7 cm³/mol. The zero-order chi connectivity index (χ0) is 13.1. The van der Waals surface area contributed by atoms with E-state index in [-0.39, 0.29) is 0 Å². The summed E-state index contributed by atoms with van der Waals surface area (Å²) in [5.41, 5.74) is 1.10. The number of aliphatic hydroxyl groups excluding tert-OH is 1. The van der Waals surface area contributed by atoms with E-state index in [1.165, 1.54) is 0 Å². The standard InChI is InChI=1S/C13H18FN3O/c1-8(2)6-15-7-11(18)9-4-3-5-10-12(9)13(14)17-16-10/h3-5,8,11,15,18H,6-7H2,1-2H3,(H,16,17)/t11-/m0/s1. The van der Waals surface area contributed by atoms with E-state index in [0.717, 1.165) is 6.54 Å². The van der Waals surface area contributed by atoms with Gasteiger partial charge in [-0.05, 0) is 24.1 Å². The van der Waals surface area contributed by atoms with E-state index in [1.54, 1.807) is 18.2 Å². The number of fused-ring (bicyclic) bond motifs is 1. The Labute approximate surface area is 105 Å². The van der Waals surface area contributed by atoms with Gasteiger partial charge in [0.25, 0.3) is 0 Å². The van der Waals surface area contributed by atoms with E-state index in [9.17, 15) is 9.50 Å². The van der Waals surface area contributed by atoms with Gasteiger partial charge < -0.3 is 10.4 Å². The molecule has 0 aliphatic carbocycles. The number of hydrogen-bond donors (Lipinski definition) is 3. The molecule has 1 heterocycles. The lowest BCUT2D eigenvalue weighted by Crippen LogP contribution is -2.25. The Morgan fingerprint density at radius 3 is 2.89 bits per heavy atom. The average molecular weight is 251 g/mol. The van der Waals surface area contributed by atoms with Crippen molar-refractivity contribution in [3.63, 3.8) is 0 Å². The molecule has 0 amide bonds. The van der Waals surface area contributed by atoms with Gasteiger partial charge in [-0.3, -0.25) is 5.10 Å². The summed E-state index contributed by atoms with van der Waals surface area (Å²) in [7, 11) is 0. The number of aromatic nitrogens is 2. The molecule has 2 aromatic rings. The van der Waals surface area contributed by atoms with E-state index in [0.29, 0.717) is 28.9 Å². The summed E-state index contributed by atoms with van der Waals surface area (Å²) < 4.78 is 13.6. The Hall–Kier alpha value is -1.46. The molecule has 0 aliphatic rings. The number of nitrogens with zero attached hydrogens (tertiary/aromatic N) is 1. The van der Waals surface area contributed by atoms with Gasteiger partial charge in [0.15, 0.2) is 0 Å². The van der Waals surface area contributed by atoms with Gasteiger partial charge in [-0.15, -0.1) is 0 Å². The third kappa shape index (κ3) is 2.68. The molecule has 1 aromatic carbocycles. The number of H-pyrrole nitrogens is 1. The second kappa shape index (κ2) is 5.46. The lowest BCUT2D eigenvalue weighted by molar-refractivity contribution is 0.175. The summed E-state index contributed by atoms with van der Waals surface area (Å²) in [6, 6.07) is 5.21. The van der Waals surface area contributed by atoms with Crippen LogP contribution in [-0.2, 0) is 0 Å². The lowest BCUT2D eigenvalue weighted by atomic mass is 10.0. The lowest BCUT2D eigenvalue weighted by Gasteiger charge is -2.14. The highest BCUT2D eigenvalue weighted by Crippen LogP contribution is 2.24. The largest absolute Gasteiger partial charge is 0.387 e. The van der Waals surface area contributed by atoms with Crippen LogP contribution in [0.15, 0.2) is 18.2 Å². The van der Waals surface area contributed by atoms with Gasteiger partial charge in [0.2, 0.25) is 5.95 Å². The Morgan fingerprint density at radius 1 is 1.39 bits per heavy atom. The van der Waals surface area contributed by atoms with Crippen molar-refractivity contribution in [2.75, 3.05) is 13.1 Å². The number of aliphatic hydroxyl groups is 1. The third-order valence-corrected chi connectivity index (χ3v) is 2.82. The number of benzene rings is 1. The first-order chi connectivity index (χ1) is 8.59. The van der Waals surface area contributed by atoms with Crippen molar-refractivity contribution >= 4 is 10.9 Å². The topological polar surface area (TPSA) is 60.9 Å². The molecule has 1 atom stereocenters. The van der Waals surface area contributed by atoms with Crippen LogP contribution in [-0.4, -0.2) is 28.4 Å². The Balaban J connectivity index is 2.17. The normalized spacial score (nSPS) is 13.4. The Bertz CT molecular complexity index is 524. The third-order valence-electron chi connectivity index (χ3n) is 2.82. The molecule has 98 valence electrons. The quantitative estimate of drug-likeness (QED) is 0.761. The first kappa shape index (κ1) is 13.0. The number of hydrogen-bond acceptors (Lipinski definition) is 3. The molecule has 0 fully saturated rings. The molecule has 0 unspecified atom stereocenters. The zero-order valence-corrected chi connectivity index (χ0v) is 10.6. The van der Waals surface area contributed by atoms with Gasteiger partial charge in [-0.2, -0.15) is 9.49 Å². The van der Waals surface area contributed by atoms with Crippen LogP contribution >= 0.6 is 0 Å². The van der Waals surface area contributed by atoms with Crippen LogP contribution < -0.4 is 5.32 Å². The van der Waals surface area contributed by atoms with E-state index in [4.69, 9.17) is 0 Å². The molecular weight excluding hydrogens is 233 g/mol. The summed E-state index contributed by atoms with van der Waals surface area (Å²) in [6.07, 6.45) is -0.737. The molecule has 18 heavy (non-hydrogen) atoms. The minimum Gasteiger partial charge on any atom is -0.387 e. The van der Waals surface area contributed by atoms with Crippen molar-refractivity contribution in [3.05, 3.63) is 29.7 Å². The highest BCUT2D eigenvalue weighted by atomic mass is 19.1. The van der Waals surface area contributed by atoms with Crippen LogP contribution in [0.4, 0.5) is 4.39 Å². The minimum atomic E-state index is -0.737. The second-order valence-corrected chi connectivity index (χ2v) is 4.85. The molecule has 1 aromatic heterocycles. The van der Waals surface area contributed by atoms with Crippen molar-refractivity contribution in [2.45, 2.75) is 20.0 Å². The number of halogens is 1. The number of rotatable bonds is 5. The molecule has 0 aliphatic heterocycles. The van der Waals surface area contributed by atoms with E-state index >= 15 is 0 Å². The smallest absolute Gasteiger partial charge is 0.217 e. The molecule has 5 heteroatoms. The van der Waals surface area contributed by atoms with Crippen LogP contribution in [0.25, 0.3) is 10.9 Å². The molecule has 0 bridgehead atoms. The SMILES string of the molecule is CC(C)CNC[C@H](O)c1cccc2n[nH]c(F)c12. The molecule has 0 saturated heterocycles. The van der Waals surface area contributed by atoms with Crippen molar-refractivity contribution in [2.24, 2.45) is 5.92 Å². The molecule has 4 nitrogen and oxygen atoms in total. The monoisotopic (exact) mass is 251 g/mol. The van der Waals surface area contributed by atoms with Crippen molar-refractivity contribution in [3.8, 4) is 0 Å². The van der Waals surface area contributed by atoms with E-state index in [2.05, 4.69) is 29.4 Å². The summed E-state index contributed by atoms with van der Waals surface area (Å²) in [6.45, 7) is 5.41. The van der Waals surface area contributed by atoms with E-state index in [1.807, 2.05) is 0 Å². The molecule has 0 radical (unpaired) electrons. The van der Waals surface area contributed by atoms with Crippen LogP contribution in [0.3, 0.4) is 0 Å². The average Bonchev–Trinajstić information content (AvgIpc) is 2.71. The summed E-state index contributed by atoms with van der Waals surface area (Å²) in [5.74, 6) is 0.0159. The van der Waals surface area contributed by atoms with Crippen LogP contribution in [0.2, 0.25) is 0 Å². The molecule has 2 rings (SSSR count). The van der Waals surface area contributed by atoms with Crippen LogP contribution in [0, 0.1) is 11.9 Å². The fraction of sp³-hybridized carbons (Fsp3) is 0.462. The van der Waals surface area contributed by atoms with Crippen LogP contribution in [0.1, 0.15) is 25.5 Å². The number of nitrogens with one attached hydrogen (secondary N) is 2. The van der Waals surface area contributed by atoms with Crippen molar-refractivity contribution < 1.29 is 9.50 Å². The first-order valence-electron chi connectivity index (χ1n) is 6.11. The first-order valence-corrected chi connectivity index (χ1v) is 6.11. The van der Waals surface area contributed by atoms with Gasteiger partial charge in [0, 0.05) is 6.54 Å². The molecule has 0 spiro atoms. The zero-order valence-electron chi connectivity index (χ0n) is 10.6. The summed E-state index contributed by atoms with van der Waals surface area (Å²) >= 11 is 0. The maximum absolute atomic E-state index is 13.6. The predicted octanol–water partition coefficient (Wildman–Crippen LogP) is 1.98. The molecule has 3 N–H and O–H groups in total. The molecular formula is C13H18FN3O. The Morgan fingerprint density at radius 2 is 2.17 bits per heavy atom. The number of aromatic amines is 1. The maximum atomic E-state index is 13.6. The van der Waals surface area contributed by atoms with Gasteiger partial charge >= 0.3 is 0 Å². The maximum Gasteiger partial charge on any atom is 0.217 e. The van der Waals surface area contributed by atoms with E-state index < -0.39 is 12.1 Å². The van der Waals surface area contributed by atoms with Crippen molar-refractivity contribution in [1.82, 2.24) is 15.5 Å². The highest BCUT2D eigenvalue weighted by molar-refractivity contribution is 5.82. The molecule has 0 saturated carbocycles. The van der Waals surface area contributed by atoms with Gasteiger partial charge in [0.05, 0.1) is 17.0 Å².